The molecule has 42 heavy (non-hydrogen) atoms. The van der Waals surface area contributed by atoms with Crippen LogP contribution in [0.4, 0.5) is 0 Å². The van der Waals surface area contributed by atoms with Crippen molar-refractivity contribution in [2.75, 3.05) is 0 Å². The van der Waals surface area contributed by atoms with E-state index < -0.39 is 0 Å². The Kier molecular flexibility index (Phi) is 9.91. The molecule has 1 N–H and O–H groups in total. The maximum atomic E-state index is 5.14. The molecular formula is C38H39N3S. The lowest BCUT2D eigenvalue weighted by molar-refractivity contribution is 0.595. The highest BCUT2D eigenvalue weighted by Gasteiger charge is 2.17. The number of aryl methyl sites for hydroxylation is 1. The molecule has 0 amide bonds. The van der Waals surface area contributed by atoms with Crippen LogP contribution in [0.5, 0.6) is 0 Å². The van der Waals surface area contributed by atoms with E-state index in [9.17, 15) is 0 Å². The first-order valence-electron chi connectivity index (χ1n) is 14.6. The van der Waals surface area contributed by atoms with Crippen LogP contribution >= 0.6 is 11.3 Å². The molecule has 0 bridgehead atoms. The van der Waals surface area contributed by atoms with Crippen molar-refractivity contribution in [3.8, 4) is 0 Å². The molecule has 4 heteroatoms. The van der Waals surface area contributed by atoms with E-state index in [-0.39, 0.29) is 6.17 Å². The molecule has 1 heterocycles. The monoisotopic (exact) mass is 569 g/mol. The van der Waals surface area contributed by atoms with Gasteiger partial charge in [0.1, 0.15) is 6.17 Å². The number of aliphatic imine (C=N–C) groups is 2. The largest absolute Gasteiger partial charge is 0.288 e. The fraction of sp³-hybridized carbons (Fsp3) is 0.211. The maximum Gasteiger partial charge on any atom is 0.155 e. The third kappa shape index (κ3) is 7.58. The predicted molar refractivity (Wildman–Crippen MR) is 184 cm³/mol. The number of thiophene rings is 1. The molecule has 0 radical (unpaired) electrons. The van der Waals surface area contributed by atoms with Crippen LogP contribution in [0.15, 0.2) is 148 Å². The minimum absolute atomic E-state index is 0.256. The summed E-state index contributed by atoms with van der Waals surface area (Å²) in [5, 5.41) is 5.08. The van der Waals surface area contributed by atoms with Crippen LogP contribution in [-0.2, 0) is 13.0 Å². The second-order valence-electron chi connectivity index (χ2n) is 10.9. The third-order valence-corrected chi connectivity index (χ3v) is 8.82. The SMILES string of the molecule is C=N/C(=N\C(NCc1cccc2sc(CCC(=C)C(=C)C)cc12)C1=CCCC(/C=C2\C=CC=CC2)=C1)c1ccccc1. The fourth-order valence-corrected chi connectivity index (χ4v) is 6.34. The smallest absolute Gasteiger partial charge is 0.155 e. The first kappa shape index (κ1) is 29.4. The molecule has 3 aromatic rings. The number of hydrogen-bond donors (Lipinski definition) is 1. The molecular weight excluding hydrogens is 531 g/mol. The number of nitrogens with one attached hydrogen (secondary N) is 1. The summed E-state index contributed by atoms with van der Waals surface area (Å²) in [4.78, 5) is 10.8. The molecule has 212 valence electrons. The zero-order chi connectivity index (χ0) is 29.3. The van der Waals surface area contributed by atoms with E-state index in [2.05, 4.69) is 97.0 Å². The highest BCUT2D eigenvalue weighted by molar-refractivity contribution is 7.19. The number of benzene rings is 2. The summed E-state index contributed by atoms with van der Waals surface area (Å²) in [5.41, 5.74) is 8.25. The standard InChI is InChI=1S/C38H39N3S/c1-27(2)28(3)21-22-34-25-35-33(19-12-20-36(35)42-34)26-40-38(41-37(39-4)31-16-9-6-10-17-31)32-18-11-15-30(24-32)23-29-13-7-5-8-14-29/h5-10,12-13,16-20,23-25,38,40H,1,3-4,11,14-15,21-22,26H2,2H3/b29-23+,41-37-. The van der Waals surface area contributed by atoms with Crippen LogP contribution in [-0.4, -0.2) is 18.7 Å². The Morgan fingerprint density at radius 1 is 1.10 bits per heavy atom. The highest BCUT2D eigenvalue weighted by atomic mass is 32.1. The molecule has 5 rings (SSSR count). The van der Waals surface area contributed by atoms with Gasteiger partial charge in [-0.15, -0.1) is 11.3 Å². The minimum Gasteiger partial charge on any atom is -0.288 e. The first-order chi connectivity index (χ1) is 20.5. The van der Waals surface area contributed by atoms with Gasteiger partial charge in [0.05, 0.1) is 0 Å². The fourth-order valence-electron chi connectivity index (χ4n) is 5.23. The van der Waals surface area contributed by atoms with Crippen molar-refractivity contribution < 1.29 is 0 Å². The lowest BCUT2D eigenvalue weighted by Crippen LogP contribution is -2.30. The Hall–Kier alpha value is -4.12. The number of nitrogens with zero attached hydrogens (tertiary/aromatic N) is 2. The molecule has 0 fully saturated rings. The van der Waals surface area contributed by atoms with Gasteiger partial charge >= 0.3 is 0 Å². The van der Waals surface area contributed by atoms with Gasteiger partial charge in [-0.1, -0.05) is 109 Å². The molecule has 0 saturated heterocycles. The molecule has 3 nitrogen and oxygen atoms in total. The second kappa shape index (κ2) is 14.2. The summed E-state index contributed by atoms with van der Waals surface area (Å²) in [6.45, 7) is 14.8. The third-order valence-electron chi connectivity index (χ3n) is 7.66. The summed E-state index contributed by atoms with van der Waals surface area (Å²) in [6, 6.07) is 19.0. The Balaban J connectivity index is 1.42. The van der Waals surface area contributed by atoms with Gasteiger partial charge in [-0.3, -0.25) is 5.32 Å². The van der Waals surface area contributed by atoms with E-state index >= 15 is 0 Å². The molecule has 1 aromatic heterocycles. The first-order valence-corrected chi connectivity index (χ1v) is 15.4. The average Bonchev–Trinajstić information content (AvgIpc) is 3.45. The normalized spacial score (nSPS) is 16.8. The van der Waals surface area contributed by atoms with Crippen LogP contribution in [0.1, 0.15) is 48.6 Å². The van der Waals surface area contributed by atoms with E-state index in [0.717, 1.165) is 54.4 Å². The van der Waals surface area contributed by atoms with Gasteiger partial charge in [-0.05, 0) is 85.5 Å². The van der Waals surface area contributed by atoms with Crippen LogP contribution in [0.25, 0.3) is 10.1 Å². The molecule has 0 spiro atoms. The van der Waals surface area contributed by atoms with Gasteiger partial charge in [0, 0.05) is 21.7 Å². The van der Waals surface area contributed by atoms with Gasteiger partial charge < -0.3 is 0 Å². The maximum absolute atomic E-state index is 5.14. The molecule has 2 aromatic carbocycles. The molecule has 1 atom stereocenters. The van der Waals surface area contributed by atoms with E-state index in [1.165, 1.54) is 31.7 Å². The van der Waals surface area contributed by atoms with E-state index in [0.29, 0.717) is 12.4 Å². The minimum atomic E-state index is -0.256. The molecule has 2 aliphatic carbocycles. The topological polar surface area (TPSA) is 36.8 Å². The Labute approximate surface area is 254 Å². The second-order valence-corrected chi connectivity index (χ2v) is 12.0. The van der Waals surface area contributed by atoms with Crippen molar-refractivity contribution in [1.29, 1.82) is 0 Å². The zero-order valence-electron chi connectivity index (χ0n) is 24.5. The van der Waals surface area contributed by atoms with Gasteiger partial charge in [0.2, 0.25) is 0 Å². The van der Waals surface area contributed by atoms with Crippen molar-refractivity contribution in [3.63, 3.8) is 0 Å². The highest BCUT2D eigenvalue weighted by Crippen LogP contribution is 2.31. The number of fused-ring (bicyclic) bond motifs is 1. The van der Waals surface area contributed by atoms with Gasteiger partial charge in [0.15, 0.2) is 5.84 Å². The van der Waals surface area contributed by atoms with Crippen LogP contribution in [0, 0.1) is 0 Å². The number of hydrogen-bond acceptors (Lipinski definition) is 3. The van der Waals surface area contributed by atoms with Crippen LogP contribution in [0.3, 0.4) is 0 Å². The Morgan fingerprint density at radius 2 is 1.95 bits per heavy atom. The number of amidine groups is 1. The van der Waals surface area contributed by atoms with Gasteiger partial charge in [0.25, 0.3) is 0 Å². The molecule has 0 aliphatic heterocycles. The molecule has 0 saturated carbocycles. The van der Waals surface area contributed by atoms with Crippen molar-refractivity contribution in [2.24, 2.45) is 9.98 Å². The average molecular weight is 570 g/mol. The van der Waals surface area contributed by atoms with Gasteiger partial charge in [-0.2, -0.15) is 0 Å². The zero-order valence-corrected chi connectivity index (χ0v) is 25.3. The lowest BCUT2D eigenvalue weighted by atomic mass is 9.94. The van der Waals surface area contributed by atoms with Crippen molar-refractivity contribution in [3.05, 3.63) is 154 Å². The summed E-state index contributed by atoms with van der Waals surface area (Å²) >= 11 is 1.87. The summed E-state index contributed by atoms with van der Waals surface area (Å²) in [5.74, 6) is 0.641. The predicted octanol–water partition coefficient (Wildman–Crippen LogP) is 9.62. The summed E-state index contributed by atoms with van der Waals surface area (Å²) in [7, 11) is 0. The van der Waals surface area contributed by atoms with E-state index in [1.807, 2.05) is 48.6 Å². The Morgan fingerprint density at radius 3 is 2.71 bits per heavy atom. The van der Waals surface area contributed by atoms with E-state index in [4.69, 9.17) is 4.99 Å². The Bertz CT molecular complexity index is 1660. The van der Waals surface area contributed by atoms with Crippen molar-refractivity contribution in [1.82, 2.24) is 5.32 Å². The molecule has 1 unspecified atom stereocenters. The van der Waals surface area contributed by atoms with Gasteiger partial charge in [-0.25, -0.2) is 9.98 Å². The van der Waals surface area contributed by atoms with Crippen LogP contribution in [0.2, 0.25) is 0 Å². The quantitative estimate of drug-likeness (QED) is 0.139. The summed E-state index contributed by atoms with van der Waals surface area (Å²) in [6.07, 6.45) is 20.2. The molecule has 2 aliphatic rings. The van der Waals surface area contributed by atoms with Crippen LogP contribution < -0.4 is 5.32 Å². The lowest BCUT2D eigenvalue weighted by Gasteiger charge is -2.21. The number of rotatable bonds is 11. The summed E-state index contributed by atoms with van der Waals surface area (Å²) < 4.78 is 1.31. The van der Waals surface area contributed by atoms with Crippen molar-refractivity contribution >= 4 is 34.0 Å². The van der Waals surface area contributed by atoms with E-state index in [1.54, 1.807) is 0 Å². The number of allylic oxidation sites excluding steroid dienone is 10. The van der Waals surface area contributed by atoms with Crippen molar-refractivity contribution in [2.45, 2.75) is 51.7 Å².